The predicted octanol–water partition coefficient (Wildman–Crippen LogP) is 0.233. The van der Waals surface area contributed by atoms with Gasteiger partial charge in [0.1, 0.15) is 12.2 Å². The summed E-state index contributed by atoms with van der Waals surface area (Å²) in [5, 5.41) is 38.4. The molecule has 28 heavy (non-hydrogen) atoms. The van der Waals surface area contributed by atoms with Crippen molar-refractivity contribution in [1.29, 1.82) is 0 Å². The summed E-state index contributed by atoms with van der Waals surface area (Å²) >= 11 is 0. The minimum absolute atomic E-state index is 0. The fourth-order valence-corrected chi connectivity index (χ4v) is 3.21. The fourth-order valence-electron chi connectivity index (χ4n) is 3.21. The topological polar surface area (TPSA) is 151 Å². The van der Waals surface area contributed by atoms with Crippen LogP contribution in [0.2, 0.25) is 0 Å². The number of aliphatic hydroxyl groups excluding tert-OH is 4. The van der Waals surface area contributed by atoms with Gasteiger partial charge in [0, 0.05) is 0 Å². The third-order valence-electron chi connectivity index (χ3n) is 4.84. The van der Waals surface area contributed by atoms with E-state index in [0.29, 0.717) is 13.2 Å². The molecule has 2 heterocycles. The van der Waals surface area contributed by atoms with E-state index in [9.17, 15) is 20.4 Å². The summed E-state index contributed by atoms with van der Waals surface area (Å²) in [6, 6.07) is -0.956. The highest BCUT2D eigenvalue weighted by molar-refractivity contribution is 4.94. The van der Waals surface area contributed by atoms with Gasteiger partial charge in [-0.25, -0.2) is 0 Å². The number of hydrogen-bond donors (Lipinski definition) is 6. The lowest BCUT2D eigenvalue weighted by molar-refractivity contribution is -0.176. The molecule has 172 valence electrons. The van der Waals surface area contributed by atoms with E-state index in [4.69, 9.17) is 20.9 Å². The maximum absolute atomic E-state index is 9.69. The maximum Gasteiger partial charge on any atom is 0.108 e. The maximum atomic E-state index is 9.69. The standard InChI is InChI=1S/2C9H19NO3.2CH4/c2*1-9(2,3)8-7(12)6(11)5(10)4-13-8;;/h2*5-8,11-12H,4,10H2,1-3H3;2*1H4. The van der Waals surface area contributed by atoms with Crippen LogP contribution in [0.25, 0.3) is 0 Å². The van der Waals surface area contributed by atoms with Crippen LogP contribution in [0.4, 0.5) is 0 Å². The van der Waals surface area contributed by atoms with E-state index in [-0.39, 0.29) is 37.9 Å². The number of ether oxygens (including phenoxy) is 2. The van der Waals surface area contributed by atoms with Crippen molar-refractivity contribution < 1.29 is 29.9 Å². The molecular weight excluding hydrogens is 364 g/mol. The molecule has 0 amide bonds. The number of nitrogens with two attached hydrogens (primary N) is 2. The summed E-state index contributed by atoms with van der Waals surface area (Å²) in [6.07, 6.45) is -4.21. The molecule has 0 spiro atoms. The highest BCUT2D eigenvalue weighted by atomic mass is 16.5. The van der Waals surface area contributed by atoms with Crippen LogP contribution >= 0.6 is 0 Å². The van der Waals surface area contributed by atoms with Crippen molar-refractivity contribution in [3.05, 3.63) is 0 Å². The normalized spacial score (nSPS) is 39.0. The third kappa shape index (κ3) is 7.50. The zero-order valence-corrected chi connectivity index (χ0v) is 16.8. The van der Waals surface area contributed by atoms with Crippen molar-refractivity contribution in [2.24, 2.45) is 22.3 Å². The Morgan fingerprint density at radius 1 is 0.607 bits per heavy atom. The van der Waals surface area contributed by atoms with Crippen LogP contribution in [-0.2, 0) is 9.47 Å². The smallest absolute Gasteiger partial charge is 0.108 e. The second-order valence-electron chi connectivity index (χ2n) is 9.53. The average Bonchev–Trinajstić information content (AvgIpc) is 2.48. The molecular formula is C20H46N2O6. The van der Waals surface area contributed by atoms with E-state index < -0.39 is 36.5 Å². The molecule has 2 saturated heterocycles. The number of rotatable bonds is 0. The average molecular weight is 411 g/mol. The van der Waals surface area contributed by atoms with Gasteiger partial charge in [-0.1, -0.05) is 56.4 Å². The summed E-state index contributed by atoms with van der Waals surface area (Å²) < 4.78 is 10.8. The molecule has 8 N–H and O–H groups in total. The fraction of sp³-hybridized carbons (Fsp3) is 1.00. The lowest BCUT2D eigenvalue weighted by atomic mass is 9.81. The van der Waals surface area contributed by atoms with Crippen molar-refractivity contribution in [2.75, 3.05) is 13.2 Å². The van der Waals surface area contributed by atoms with Crippen LogP contribution in [0.5, 0.6) is 0 Å². The molecule has 8 heteroatoms. The lowest BCUT2D eigenvalue weighted by Crippen LogP contribution is -2.59. The first-order valence-electron chi connectivity index (χ1n) is 9.14. The first-order chi connectivity index (χ1) is 11.7. The Bertz CT molecular complexity index is 397. The second kappa shape index (κ2) is 11.2. The van der Waals surface area contributed by atoms with Gasteiger partial charge in [0.15, 0.2) is 0 Å². The van der Waals surface area contributed by atoms with Gasteiger partial charge in [-0.05, 0) is 10.8 Å². The molecule has 0 radical (unpaired) electrons. The van der Waals surface area contributed by atoms with Gasteiger partial charge in [0.05, 0.1) is 49.7 Å². The summed E-state index contributed by atoms with van der Waals surface area (Å²) in [6.45, 7) is 12.4. The van der Waals surface area contributed by atoms with Crippen LogP contribution in [0, 0.1) is 10.8 Å². The summed E-state index contributed by atoms with van der Waals surface area (Å²) in [5.41, 5.74) is 10.7. The van der Waals surface area contributed by atoms with Gasteiger partial charge in [0.2, 0.25) is 0 Å². The van der Waals surface area contributed by atoms with E-state index in [0.717, 1.165) is 0 Å². The molecule has 0 aromatic carbocycles. The highest BCUT2D eigenvalue weighted by Crippen LogP contribution is 2.30. The molecule has 0 aromatic heterocycles. The van der Waals surface area contributed by atoms with Gasteiger partial charge >= 0.3 is 0 Å². The minimum atomic E-state index is -0.885. The monoisotopic (exact) mass is 410 g/mol. The first-order valence-corrected chi connectivity index (χ1v) is 9.14. The third-order valence-corrected chi connectivity index (χ3v) is 4.84. The second-order valence-corrected chi connectivity index (χ2v) is 9.53. The van der Waals surface area contributed by atoms with Crippen molar-refractivity contribution in [2.45, 2.75) is 105 Å². The molecule has 2 rings (SSSR count). The lowest BCUT2D eigenvalue weighted by Gasteiger charge is -2.42. The summed E-state index contributed by atoms with van der Waals surface area (Å²) in [5.74, 6) is 0. The molecule has 0 bridgehead atoms. The van der Waals surface area contributed by atoms with E-state index in [2.05, 4.69) is 0 Å². The Hall–Kier alpha value is -0.320. The van der Waals surface area contributed by atoms with Gasteiger partial charge in [-0.2, -0.15) is 0 Å². The van der Waals surface area contributed by atoms with Crippen LogP contribution < -0.4 is 11.5 Å². The van der Waals surface area contributed by atoms with Gasteiger partial charge in [0.25, 0.3) is 0 Å². The largest absolute Gasteiger partial charge is 0.389 e. The summed E-state index contributed by atoms with van der Waals surface area (Å²) in [4.78, 5) is 0. The zero-order chi connectivity index (χ0) is 20.4. The van der Waals surface area contributed by atoms with Gasteiger partial charge in [-0.15, -0.1) is 0 Å². The van der Waals surface area contributed by atoms with E-state index in [1.807, 2.05) is 41.5 Å². The zero-order valence-electron chi connectivity index (χ0n) is 16.8. The molecule has 0 aromatic rings. The Kier molecular flexibility index (Phi) is 11.9. The number of aliphatic hydroxyl groups is 4. The number of hydrogen-bond acceptors (Lipinski definition) is 8. The highest BCUT2D eigenvalue weighted by Gasteiger charge is 2.43. The van der Waals surface area contributed by atoms with Crippen molar-refractivity contribution in [3.8, 4) is 0 Å². The molecule has 2 aliphatic rings. The van der Waals surface area contributed by atoms with Crippen molar-refractivity contribution >= 4 is 0 Å². The van der Waals surface area contributed by atoms with Crippen LogP contribution in [0.1, 0.15) is 56.4 Å². The molecule has 2 aliphatic heterocycles. The van der Waals surface area contributed by atoms with Gasteiger partial charge in [-0.3, -0.25) is 0 Å². The molecule has 8 atom stereocenters. The van der Waals surface area contributed by atoms with E-state index in [1.54, 1.807) is 0 Å². The van der Waals surface area contributed by atoms with Crippen LogP contribution in [-0.4, -0.2) is 82.3 Å². The van der Waals surface area contributed by atoms with Crippen LogP contribution in [0.3, 0.4) is 0 Å². The van der Waals surface area contributed by atoms with Crippen molar-refractivity contribution in [3.63, 3.8) is 0 Å². The Morgan fingerprint density at radius 2 is 0.857 bits per heavy atom. The predicted molar refractivity (Wildman–Crippen MR) is 112 cm³/mol. The Balaban J connectivity index is 0. The first kappa shape index (κ1) is 29.9. The molecule has 2 fully saturated rings. The van der Waals surface area contributed by atoms with Crippen LogP contribution in [0.15, 0.2) is 0 Å². The van der Waals surface area contributed by atoms with E-state index >= 15 is 0 Å². The SMILES string of the molecule is C.C.CC(C)(C)C1OCC(N)C(O)C1O.CC(C)(C)C1OCC(N)C(O)C1O. The molecule has 0 saturated carbocycles. The molecule has 0 aliphatic carbocycles. The minimum Gasteiger partial charge on any atom is -0.389 e. The molecule has 8 nitrogen and oxygen atoms in total. The van der Waals surface area contributed by atoms with Gasteiger partial charge < -0.3 is 41.4 Å². The quantitative estimate of drug-likeness (QED) is 0.332. The summed E-state index contributed by atoms with van der Waals surface area (Å²) in [7, 11) is 0. The Morgan fingerprint density at radius 3 is 1.07 bits per heavy atom. The molecule has 8 unspecified atom stereocenters. The Labute approximate surface area is 171 Å². The van der Waals surface area contributed by atoms with E-state index in [1.165, 1.54) is 0 Å². The van der Waals surface area contributed by atoms with Crippen molar-refractivity contribution in [1.82, 2.24) is 0 Å².